The van der Waals surface area contributed by atoms with Gasteiger partial charge in [-0.05, 0) is 11.6 Å². The average molecular weight is 312 g/mol. The van der Waals surface area contributed by atoms with Crippen molar-refractivity contribution in [3.8, 4) is 0 Å². The van der Waals surface area contributed by atoms with E-state index in [0.717, 1.165) is 38.5 Å². The third-order valence-corrected chi connectivity index (χ3v) is 4.01. The van der Waals surface area contributed by atoms with Gasteiger partial charge in [-0.25, -0.2) is 4.98 Å². The van der Waals surface area contributed by atoms with Crippen molar-refractivity contribution >= 4 is 11.8 Å². The molecule has 0 atom stereocenters. The summed E-state index contributed by atoms with van der Waals surface area (Å²) in [7, 11) is 0. The van der Waals surface area contributed by atoms with E-state index < -0.39 is 0 Å². The van der Waals surface area contributed by atoms with E-state index in [9.17, 15) is 0 Å². The van der Waals surface area contributed by atoms with Crippen molar-refractivity contribution in [3.05, 3.63) is 48.2 Å². The number of benzene rings is 1. The summed E-state index contributed by atoms with van der Waals surface area (Å²) in [5.74, 6) is 1.64. The van der Waals surface area contributed by atoms with Gasteiger partial charge in [0.2, 0.25) is 5.95 Å². The Kier molecular flexibility index (Phi) is 5.39. The molecule has 0 amide bonds. The lowest BCUT2D eigenvalue weighted by Gasteiger charge is -2.35. The first-order valence-corrected chi connectivity index (χ1v) is 8.13. The molecule has 3 N–H and O–H groups in total. The van der Waals surface area contributed by atoms with Crippen molar-refractivity contribution in [2.24, 2.45) is 5.73 Å². The van der Waals surface area contributed by atoms with Gasteiger partial charge in [-0.3, -0.25) is 4.90 Å². The van der Waals surface area contributed by atoms with Gasteiger partial charge >= 0.3 is 0 Å². The van der Waals surface area contributed by atoms with Crippen LogP contribution in [0.25, 0.3) is 0 Å². The first-order chi connectivity index (χ1) is 11.3. The van der Waals surface area contributed by atoms with Crippen molar-refractivity contribution < 1.29 is 0 Å². The molecule has 1 aromatic heterocycles. The molecule has 1 aromatic carbocycles. The third-order valence-electron chi connectivity index (χ3n) is 4.01. The molecule has 122 valence electrons. The summed E-state index contributed by atoms with van der Waals surface area (Å²) in [6.45, 7) is 6.34. The van der Waals surface area contributed by atoms with Crippen molar-refractivity contribution in [2.75, 3.05) is 49.5 Å². The molecule has 1 aliphatic heterocycles. The summed E-state index contributed by atoms with van der Waals surface area (Å²) in [6, 6.07) is 12.6. The molecule has 0 spiro atoms. The van der Waals surface area contributed by atoms with Crippen LogP contribution in [0.5, 0.6) is 0 Å². The van der Waals surface area contributed by atoms with Gasteiger partial charge in [0.05, 0.1) is 0 Å². The zero-order valence-electron chi connectivity index (χ0n) is 13.4. The van der Waals surface area contributed by atoms with Crippen LogP contribution in [-0.4, -0.2) is 54.1 Å². The van der Waals surface area contributed by atoms with Crippen LogP contribution in [0.4, 0.5) is 11.8 Å². The Morgan fingerprint density at radius 2 is 1.83 bits per heavy atom. The quantitative estimate of drug-likeness (QED) is 0.834. The lowest BCUT2D eigenvalue weighted by atomic mass is 10.2. The molecule has 6 nitrogen and oxygen atoms in total. The van der Waals surface area contributed by atoms with Crippen molar-refractivity contribution in [1.82, 2.24) is 14.9 Å². The molecule has 3 rings (SSSR count). The third kappa shape index (κ3) is 4.40. The van der Waals surface area contributed by atoms with Gasteiger partial charge in [0.15, 0.2) is 0 Å². The molecule has 1 saturated heterocycles. The average Bonchev–Trinajstić information content (AvgIpc) is 2.62. The zero-order valence-corrected chi connectivity index (χ0v) is 13.4. The van der Waals surface area contributed by atoms with Crippen molar-refractivity contribution in [1.29, 1.82) is 0 Å². The summed E-state index contributed by atoms with van der Waals surface area (Å²) in [5, 5.41) is 3.13. The normalized spacial score (nSPS) is 15.6. The minimum absolute atomic E-state index is 0.575. The molecule has 0 aliphatic carbocycles. The number of anilines is 2. The Labute approximate surface area is 137 Å². The largest absolute Gasteiger partial charge is 0.354 e. The standard InChI is InChI=1S/C17H24N6/c18-7-9-20-17-19-8-6-16(21-17)23-12-10-22(11-13-23)14-15-4-2-1-3-5-15/h1-6,8H,7,9-14,18H2,(H,19,20,21). The van der Waals surface area contributed by atoms with Gasteiger partial charge in [-0.2, -0.15) is 4.98 Å². The van der Waals surface area contributed by atoms with Crippen molar-refractivity contribution in [2.45, 2.75) is 6.54 Å². The highest BCUT2D eigenvalue weighted by Crippen LogP contribution is 2.16. The van der Waals surface area contributed by atoms with Gasteiger partial charge in [-0.15, -0.1) is 0 Å². The van der Waals surface area contributed by atoms with E-state index >= 15 is 0 Å². The predicted molar refractivity (Wildman–Crippen MR) is 93.5 cm³/mol. The Morgan fingerprint density at radius 1 is 1.04 bits per heavy atom. The number of nitrogens with one attached hydrogen (secondary N) is 1. The molecule has 2 aromatic rings. The lowest BCUT2D eigenvalue weighted by Crippen LogP contribution is -2.46. The highest BCUT2D eigenvalue weighted by Gasteiger charge is 2.18. The van der Waals surface area contributed by atoms with E-state index in [2.05, 4.69) is 55.4 Å². The molecule has 6 heteroatoms. The van der Waals surface area contributed by atoms with E-state index in [1.54, 1.807) is 6.20 Å². The fraction of sp³-hybridized carbons (Fsp3) is 0.412. The van der Waals surface area contributed by atoms with Crippen LogP contribution in [0.3, 0.4) is 0 Å². The molecule has 2 heterocycles. The maximum Gasteiger partial charge on any atom is 0.224 e. The van der Waals surface area contributed by atoms with Crippen LogP contribution in [0, 0.1) is 0 Å². The van der Waals surface area contributed by atoms with Crippen LogP contribution >= 0.6 is 0 Å². The molecule has 1 fully saturated rings. The second-order valence-electron chi connectivity index (χ2n) is 5.70. The molecule has 23 heavy (non-hydrogen) atoms. The maximum atomic E-state index is 5.50. The lowest BCUT2D eigenvalue weighted by molar-refractivity contribution is 0.249. The number of rotatable bonds is 6. The number of piperazine rings is 1. The van der Waals surface area contributed by atoms with Gasteiger partial charge in [0.25, 0.3) is 0 Å². The summed E-state index contributed by atoms with van der Waals surface area (Å²) >= 11 is 0. The SMILES string of the molecule is NCCNc1nccc(N2CCN(Cc3ccccc3)CC2)n1. The van der Waals surface area contributed by atoms with E-state index in [0.29, 0.717) is 19.0 Å². The van der Waals surface area contributed by atoms with E-state index in [4.69, 9.17) is 5.73 Å². The number of hydrogen-bond donors (Lipinski definition) is 2. The number of nitrogens with two attached hydrogens (primary N) is 1. The molecule has 0 radical (unpaired) electrons. The Hall–Kier alpha value is -2.18. The molecule has 0 bridgehead atoms. The molecular weight excluding hydrogens is 288 g/mol. The summed E-state index contributed by atoms with van der Waals surface area (Å²) in [4.78, 5) is 13.6. The summed E-state index contributed by atoms with van der Waals surface area (Å²) in [6.07, 6.45) is 1.80. The highest BCUT2D eigenvalue weighted by molar-refractivity contribution is 5.43. The minimum atomic E-state index is 0.575. The fourth-order valence-electron chi connectivity index (χ4n) is 2.77. The van der Waals surface area contributed by atoms with Crippen LogP contribution in [0.1, 0.15) is 5.56 Å². The van der Waals surface area contributed by atoms with Crippen LogP contribution < -0.4 is 16.0 Å². The minimum Gasteiger partial charge on any atom is -0.354 e. The maximum absolute atomic E-state index is 5.50. The summed E-state index contributed by atoms with van der Waals surface area (Å²) < 4.78 is 0. The van der Waals surface area contributed by atoms with E-state index in [1.165, 1.54) is 5.56 Å². The number of aromatic nitrogens is 2. The van der Waals surface area contributed by atoms with Crippen LogP contribution in [-0.2, 0) is 6.54 Å². The predicted octanol–water partition coefficient (Wildman–Crippen LogP) is 1.17. The highest BCUT2D eigenvalue weighted by atomic mass is 15.3. The monoisotopic (exact) mass is 312 g/mol. The molecule has 0 saturated carbocycles. The Balaban J connectivity index is 1.54. The number of nitrogens with zero attached hydrogens (tertiary/aromatic N) is 4. The number of hydrogen-bond acceptors (Lipinski definition) is 6. The van der Waals surface area contributed by atoms with Gasteiger partial charge < -0.3 is 16.0 Å². The second kappa shape index (κ2) is 7.89. The van der Waals surface area contributed by atoms with Gasteiger partial charge in [0, 0.05) is 52.0 Å². The summed E-state index contributed by atoms with van der Waals surface area (Å²) in [5.41, 5.74) is 6.87. The zero-order chi connectivity index (χ0) is 15.9. The van der Waals surface area contributed by atoms with E-state index in [1.807, 2.05) is 6.07 Å². The Morgan fingerprint density at radius 3 is 2.57 bits per heavy atom. The van der Waals surface area contributed by atoms with Gasteiger partial charge in [0.1, 0.15) is 5.82 Å². The Bertz CT molecular complexity index is 595. The fourth-order valence-corrected chi connectivity index (χ4v) is 2.77. The first kappa shape index (κ1) is 15.7. The molecular formula is C17H24N6. The second-order valence-corrected chi connectivity index (χ2v) is 5.70. The topological polar surface area (TPSA) is 70.3 Å². The van der Waals surface area contributed by atoms with Crippen molar-refractivity contribution in [3.63, 3.8) is 0 Å². The van der Waals surface area contributed by atoms with Gasteiger partial charge in [-0.1, -0.05) is 30.3 Å². The van der Waals surface area contributed by atoms with E-state index in [-0.39, 0.29) is 0 Å². The molecule has 0 unspecified atom stereocenters. The molecule has 1 aliphatic rings. The smallest absolute Gasteiger partial charge is 0.224 e. The van der Waals surface area contributed by atoms with Crippen LogP contribution in [0.15, 0.2) is 42.6 Å². The first-order valence-electron chi connectivity index (χ1n) is 8.13. The van der Waals surface area contributed by atoms with Crippen LogP contribution in [0.2, 0.25) is 0 Å².